The van der Waals surface area contributed by atoms with Crippen LogP contribution in [0, 0.1) is 11.3 Å². The van der Waals surface area contributed by atoms with Gasteiger partial charge in [-0.25, -0.2) is 13.4 Å². The van der Waals surface area contributed by atoms with Crippen LogP contribution in [0.25, 0.3) is 22.2 Å². The van der Waals surface area contributed by atoms with Crippen LogP contribution < -0.4 is 9.62 Å². The minimum atomic E-state index is -3.52. The lowest BCUT2D eigenvalue weighted by Gasteiger charge is -2.18. The van der Waals surface area contributed by atoms with Crippen molar-refractivity contribution in [2.45, 2.75) is 45.1 Å². The fourth-order valence-electron chi connectivity index (χ4n) is 3.84. The van der Waals surface area contributed by atoms with Crippen molar-refractivity contribution >= 4 is 39.0 Å². The highest BCUT2D eigenvalue weighted by atomic mass is 32.2. The largest absolute Gasteiger partial charge is 0.346 e. The van der Waals surface area contributed by atoms with Gasteiger partial charge in [0.1, 0.15) is 11.5 Å². The van der Waals surface area contributed by atoms with E-state index in [2.05, 4.69) is 14.7 Å². The van der Waals surface area contributed by atoms with Crippen LogP contribution in [0.5, 0.6) is 0 Å². The van der Waals surface area contributed by atoms with E-state index in [4.69, 9.17) is 5.26 Å². The van der Waals surface area contributed by atoms with E-state index in [1.807, 2.05) is 43.5 Å². The molecule has 2 N–H and O–H groups in total. The molecule has 4 rings (SSSR count). The molecular weight excluding hydrogens is 426 g/mol. The number of aryl methyl sites for hydroxylation is 1. The number of nitriles is 1. The summed E-state index contributed by atoms with van der Waals surface area (Å²) in [6, 6.07) is 11.5. The van der Waals surface area contributed by atoms with Crippen molar-refractivity contribution in [2.24, 2.45) is 0 Å². The Hall–Kier alpha value is -3.38. The minimum absolute atomic E-state index is 0.0931. The second kappa shape index (κ2) is 9.01. The molecular formula is C23H25N5O3S. The molecule has 1 fully saturated rings. The molecule has 1 aromatic carbocycles. The predicted octanol–water partition coefficient (Wildman–Crippen LogP) is 3.96. The van der Waals surface area contributed by atoms with Crippen molar-refractivity contribution in [2.75, 3.05) is 15.4 Å². The molecule has 0 unspecified atom stereocenters. The topological polar surface area (TPSA) is 119 Å². The Kier molecular flexibility index (Phi) is 6.15. The van der Waals surface area contributed by atoms with E-state index in [1.165, 1.54) is 0 Å². The van der Waals surface area contributed by atoms with Gasteiger partial charge in [0, 0.05) is 29.7 Å². The van der Waals surface area contributed by atoms with Crippen LogP contribution in [0.3, 0.4) is 0 Å². The van der Waals surface area contributed by atoms with E-state index < -0.39 is 10.0 Å². The normalized spacial score (nSPS) is 13.6. The van der Waals surface area contributed by atoms with Crippen molar-refractivity contribution in [1.29, 1.82) is 5.26 Å². The van der Waals surface area contributed by atoms with Crippen molar-refractivity contribution < 1.29 is 13.2 Å². The maximum atomic E-state index is 12.3. The summed E-state index contributed by atoms with van der Waals surface area (Å²) in [4.78, 5) is 21.2. The first-order valence-corrected chi connectivity index (χ1v) is 12.3. The summed E-state index contributed by atoms with van der Waals surface area (Å²) in [7, 11) is -3.52. The van der Waals surface area contributed by atoms with Gasteiger partial charge in [-0.05, 0) is 66.6 Å². The number of fused-ring (bicyclic) bond motifs is 1. The number of pyridine rings is 1. The molecule has 9 heteroatoms. The van der Waals surface area contributed by atoms with Gasteiger partial charge >= 0.3 is 0 Å². The number of rotatable bonds is 10. The van der Waals surface area contributed by atoms with Crippen LogP contribution in [0.2, 0.25) is 0 Å². The number of nitrogens with zero attached hydrogens (tertiary/aromatic N) is 3. The molecule has 0 spiro atoms. The number of unbranched alkanes of at least 4 members (excludes halogenated alkanes) is 1. The number of aromatic nitrogens is 2. The van der Waals surface area contributed by atoms with Crippen LogP contribution in [0.4, 0.5) is 11.5 Å². The van der Waals surface area contributed by atoms with Gasteiger partial charge in [0.25, 0.3) is 0 Å². The molecule has 0 radical (unpaired) electrons. The van der Waals surface area contributed by atoms with E-state index >= 15 is 0 Å². The van der Waals surface area contributed by atoms with Crippen molar-refractivity contribution in [3.63, 3.8) is 0 Å². The van der Waals surface area contributed by atoms with Crippen molar-refractivity contribution in [3.8, 4) is 17.2 Å². The third-order valence-electron chi connectivity index (χ3n) is 5.58. The standard InChI is InChI=1S/C23H25N5O3S/c1-2-16-13-17(27-32(30,31)12-4-3-10-24)5-8-19(16)21-14-22(28(15-29)18-6-7-18)26-23-20(21)9-11-25-23/h5,8-9,11,13-15,18,27H,2-4,6-7,12H2,1H3,(H,25,26). The molecule has 8 nitrogen and oxygen atoms in total. The maximum Gasteiger partial charge on any atom is 0.232 e. The zero-order valence-corrected chi connectivity index (χ0v) is 18.7. The minimum Gasteiger partial charge on any atom is -0.346 e. The summed E-state index contributed by atoms with van der Waals surface area (Å²) >= 11 is 0. The number of H-pyrrole nitrogens is 1. The average Bonchev–Trinajstić information content (AvgIpc) is 3.49. The fourth-order valence-corrected chi connectivity index (χ4v) is 4.96. The van der Waals surface area contributed by atoms with Gasteiger partial charge in [0.05, 0.1) is 11.8 Å². The van der Waals surface area contributed by atoms with E-state index in [9.17, 15) is 13.2 Å². The Morgan fingerprint density at radius 2 is 2.09 bits per heavy atom. The molecule has 32 heavy (non-hydrogen) atoms. The summed E-state index contributed by atoms with van der Waals surface area (Å²) < 4.78 is 27.3. The number of amides is 1. The SMILES string of the molecule is CCc1cc(NS(=O)(=O)CCCC#N)ccc1-c1cc(N(C=O)C2CC2)nc2[nH]ccc12. The summed E-state index contributed by atoms with van der Waals surface area (Å²) in [5.74, 6) is 0.515. The van der Waals surface area contributed by atoms with Crippen LogP contribution in [-0.2, 0) is 21.2 Å². The number of nitrogens with one attached hydrogen (secondary N) is 2. The number of hydrogen-bond donors (Lipinski definition) is 2. The van der Waals surface area contributed by atoms with Gasteiger partial charge in [-0.1, -0.05) is 13.0 Å². The average molecular weight is 452 g/mol. The van der Waals surface area contributed by atoms with Gasteiger partial charge in [0.15, 0.2) is 0 Å². The molecule has 2 aromatic heterocycles. The summed E-state index contributed by atoms with van der Waals surface area (Å²) in [6.45, 7) is 2.02. The third kappa shape index (κ3) is 4.60. The number of benzene rings is 1. The van der Waals surface area contributed by atoms with Gasteiger partial charge < -0.3 is 4.98 Å². The molecule has 166 valence electrons. The number of carbonyl (C=O) groups excluding carboxylic acids is 1. The Morgan fingerprint density at radius 1 is 1.28 bits per heavy atom. The quantitative estimate of drug-likeness (QED) is 0.357. The van der Waals surface area contributed by atoms with Gasteiger partial charge in [-0.2, -0.15) is 5.26 Å². The van der Waals surface area contributed by atoms with Crippen molar-refractivity contribution in [3.05, 3.63) is 42.1 Å². The molecule has 1 aliphatic carbocycles. The van der Waals surface area contributed by atoms with E-state index in [0.29, 0.717) is 30.0 Å². The Morgan fingerprint density at radius 3 is 2.78 bits per heavy atom. The van der Waals surface area contributed by atoms with E-state index in [-0.39, 0.29) is 18.2 Å². The highest BCUT2D eigenvalue weighted by Crippen LogP contribution is 2.37. The molecule has 1 aliphatic rings. The smallest absolute Gasteiger partial charge is 0.232 e. The fraction of sp³-hybridized carbons (Fsp3) is 0.348. The monoisotopic (exact) mass is 451 g/mol. The van der Waals surface area contributed by atoms with Crippen LogP contribution in [-0.4, -0.2) is 36.6 Å². The Labute approximate surface area is 187 Å². The Bertz CT molecular complexity index is 1290. The lowest BCUT2D eigenvalue weighted by Crippen LogP contribution is -2.24. The number of hydrogen-bond acceptors (Lipinski definition) is 5. The Balaban J connectivity index is 1.71. The highest BCUT2D eigenvalue weighted by molar-refractivity contribution is 7.92. The summed E-state index contributed by atoms with van der Waals surface area (Å²) in [6.07, 6.45) is 5.80. The van der Waals surface area contributed by atoms with Crippen LogP contribution in [0.1, 0.15) is 38.2 Å². The summed E-state index contributed by atoms with van der Waals surface area (Å²) in [5.41, 5.74) is 4.09. The first-order chi connectivity index (χ1) is 15.5. The van der Waals surface area contributed by atoms with Gasteiger partial charge in [0.2, 0.25) is 16.4 Å². The highest BCUT2D eigenvalue weighted by Gasteiger charge is 2.30. The molecule has 0 atom stereocenters. The lowest BCUT2D eigenvalue weighted by molar-refractivity contribution is -0.107. The van der Waals surface area contributed by atoms with Crippen molar-refractivity contribution in [1.82, 2.24) is 9.97 Å². The van der Waals surface area contributed by atoms with E-state index in [0.717, 1.165) is 41.3 Å². The molecule has 3 aromatic rings. The first-order valence-electron chi connectivity index (χ1n) is 10.7. The molecule has 2 heterocycles. The molecule has 0 saturated heterocycles. The second-order valence-electron chi connectivity index (χ2n) is 7.92. The number of sulfonamides is 1. The zero-order valence-electron chi connectivity index (χ0n) is 17.8. The van der Waals surface area contributed by atoms with Gasteiger partial charge in [-0.3, -0.25) is 14.4 Å². The molecule has 0 bridgehead atoms. The zero-order chi connectivity index (χ0) is 22.7. The predicted molar refractivity (Wildman–Crippen MR) is 125 cm³/mol. The second-order valence-corrected chi connectivity index (χ2v) is 9.76. The maximum absolute atomic E-state index is 12.3. The number of carbonyl (C=O) groups is 1. The molecule has 0 aliphatic heterocycles. The van der Waals surface area contributed by atoms with Gasteiger partial charge in [-0.15, -0.1) is 0 Å². The van der Waals surface area contributed by atoms with Crippen LogP contribution in [0.15, 0.2) is 36.5 Å². The number of aromatic amines is 1. The first kappa shape index (κ1) is 21.8. The lowest BCUT2D eigenvalue weighted by atomic mass is 9.96. The third-order valence-corrected chi connectivity index (χ3v) is 6.96. The van der Waals surface area contributed by atoms with Crippen LogP contribution >= 0.6 is 0 Å². The number of anilines is 2. The van der Waals surface area contributed by atoms with E-state index in [1.54, 1.807) is 11.0 Å². The molecule has 1 amide bonds. The summed E-state index contributed by atoms with van der Waals surface area (Å²) in [5, 5.41) is 9.57. The molecule has 1 saturated carbocycles.